The number of hydrazone groups is 1. The van der Waals surface area contributed by atoms with Crippen molar-refractivity contribution in [3.8, 4) is 28.8 Å². The van der Waals surface area contributed by atoms with E-state index in [9.17, 15) is 5.26 Å². The predicted octanol–water partition coefficient (Wildman–Crippen LogP) is 6.15. The van der Waals surface area contributed by atoms with E-state index in [4.69, 9.17) is 14.3 Å². The summed E-state index contributed by atoms with van der Waals surface area (Å²) in [6.07, 6.45) is 5.68. The summed E-state index contributed by atoms with van der Waals surface area (Å²) in [5.41, 5.74) is 6.41. The van der Waals surface area contributed by atoms with Gasteiger partial charge in [0.15, 0.2) is 0 Å². The van der Waals surface area contributed by atoms with E-state index in [1.165, 1.54) is 0 Å². The Morgan fingerprint density at radius 3 is 2.63 bits per heavy atom. The molecule has 0 aliphatic rings. The summed E-state index contributed by atoms with van der Waals surface area (Å²) >= 11 is 0. The fourth-order valence-corrected chi connectivity index (χ4v) is 3.36. The number of anilines is 1. The van der Waals surface area contributed by atoms with Crippen LogP contribution in [0.5, 0.6) is 5.75 Å². The summed E-state index contributed by atoms with van der Waals surface area (Å²) in [4.78, 5) is 4.21. The van der Waals surface area contributed by atoms with Crippen LogP contribution in [0.3, 0.4) is 0 Å². The number of nitriles is 1. The normalized spacial score (nSPS) is 11.2. The van der Waals surface area contributed by atoms with Crippen LogP contribution in [0.4, 0.5) is 5.88 Å². The van der Waals surface area contributed by atoms with Gasteiger partial charge in [0, 0.05) is 23.2 Å². The molecule has 4 aromatic rings. The largest absolute Gasteiger partial charge is 0.494 e. The monoisotopic (exact) mass is 468 g/mol. The molecule has 0 unspecified atom stereocenters. The van der Waals surface area contributed by atoms with Crippen LogP contribution < -0.4 is 10.2 Å². The summed E-state index contributed by atoms with van der Waals surface area (Å²) in [7, 11) is 0. The number of oxazole rings is 1. The van der Waals surface area contributed by atoms with Crippen molar-refractivity contribution in [1.29, 1.82) is 5.26 Å². The first-order chi connectivity index (χ1) is 17.1. The zero-order chi connectivity index (χ0) is 24.6. The molecule has 0 aliphatic carbocycles. The van der Waals surface area contributed by atoms with Gasteiger partial charge < -0.3 is 9.15 Å². The highest BCUT2D eigenvalue weighted by molar-refractivity contribution is 5.89. The molecular formula is C27H28N6O2. The molecule has 0 atom stereocenters. The van der Waals surface area contributed by atoms with E-state index >= 15 is 0 Å². The number of benzene rings is 2. The van der Waals surface area contributed by atoms with Gasteiger partial charge in [-0.3, -0.25) is 0 Å². The lowest BCUT2D eigenvalue weighted by atomic mass is 10.1. The van der Waals surface area contributed by atoms with Crippen molar-refractivity contribution in [1.82, 2.24) is 14.8 Å². The zero-order valence-corrected chi connectivity index (χ0v) is 20.1. The van der Waals surface area contributed by atoms with Gasteiger partial charge in [-0.25, -0.2) is 15.1 Å². The minimum Gasteiger partial charge on any atom is -0.494 e. The third-order valence-corrected chi connectivity index (χ3v) is 5.27. The Bertz CT molecular complexity index is 1310. The molecule has 0 saturated carbocycles. The summed E-state index contributed by atoms with van der Waals surface area (Å²) in [5, 5.41) is 18.5. The maximum Gasteiger partial charge on any atom is 0.252 e. The second-order valence-electron chi connectivity index (χ2n) is 8.31. The van der Waals surface area contributed by atoms with Gasteiger partial charge >= 0.3 is 0 Å². The highest BCUT2D eigenvalue weighted by atomic mass is 16.5. The number of aromatic nitrogens is 3. The minimum atomic E-state index is 0.0614. The molecule has 178 valence electrons. The molecule has 2 aromatic heterocycles. The van der Waals surface area contributed by atoms with Crippen molar-refractivity contribution in [3.05, 3.63) is 77.9 Å². The maximum atomic E-state index is 9.35. The van der Waals surface area contributed by atoms with Crippen molar-refractivity contribution in [2.45, 2.75) is 39.5 Å². The van der Waals surface area contributed by atoms with Crippen LogP contribution >= 0.6 is 0 Å². The van der Waals surface area contributed by atoms with Crippen molar-refractivity contribution >= 4 is 12.1 Å². The van der Waals surface area contributed by atoms with E-state index in [-0.39, 0.29) is 17.5 Å². The third kappa shape index (κ3) is 5.76. The Balaban J connectivity index is 1.62. The standard InChI is InChI=1S/C27H28N6O2/c1-4-5-15-34-23-13-11-20(12-14-23)25-21(18-33(32-25)22-9-7-6-8-10-22)17-29-31-27-24(16-28)30-26(35-27)19(2)3/h6-14,17-19,31H,4-5,15H2,1-3H3. The fourth-order valence-electron chi connectivity index (χ4n) is 3.36. The highest BCUT2D eigenvalue weighted by Gasteiger charge is 2.15. The van der Waals surface area contributed by atoms with Gasteiger partial charge in [0.2, 0.25) is 11.6 Å². The van der Waals surface area contributed by atoms with Crippen molar-refractivity contribution in [2.75, 3.05) is 12.0 Å². The molecule has 0 bridgehead atoms. The van der Waals surface area contributed by atoms with Crippen molar-refractivity contribution in [3.63, 3.8) is 0 Å². The van der Waals surface area contributed by atoms with Gasteiger partial charge in [0.25, 0.3) is 5.88 Å². The van der Waals surface area contributed by atoms with Crippen molar-refractivity contribution in [2.24, 2.45) is 5.10 Å². The Morgan fingerprint density at radius 1 is 1.17 bits per heavy atom. The molecule has 2 aromatic carbocycles. The summed E-state index contributed by atoms with van der Waals surface area (Å²) < 4.78 is 13.3. The second kappa shape index (κ2) is 11.2. The summed E-state index contributed by atoms with van der Waals surface area (Å²) in [5.74, 6) is 1.60. The molecule has 0 aliphatic heterocycles. The van der Waals surface area contributed by atoms with E-state index in [0.717, 1.165) is 41.1 Å². The van der Waals surface area contributed by atoms with Crippen LogP contribution in [0.1, 0.15) is 56.7 Å². The van der Waals surface area contributed by atoms with Crippen LogP contribution in [0.2, 0.25) is 0 Å². The number of hydrogen-bond acceptors (Lipinski definition) is 7. The lowest BCUT2D eigenvalue weighted by molar-refractivity contribution is 0.309. The highest BCUT2D eigenvalue weighted by Crippen LogP contribution is 2.26. The van der Waals surface area contributed by atoms with Crippen LogP contribution in [-0.2, 0) is 0 Å². The quantitative estimate of drug-likeness (QED) is 0.170. The number of unbranched alkanes of at least 4 members (excludes halogenated alkanes) is 1. The number of rotatable bonds is 10. The molecular weight excluding hydrogens is 440 g/mol. The van der Waals surface area contributed by atoms with Crippen LogP contribution in [0.25, 0.3) is 16.9 Å². The zero-order valence-electron chi connectivity index (χ0n) is 20.1. The average Bonchev–Trinajstić information content (AvgIpc) is 3.50. The van der Waals surface area contributed by atoms with Gasteiger partial charge in [-0.15, -0.1) is 0 Å². The molecule has 8 heteroatoms. The molecule has 4 rings (SSSR count). The molecule has 0 fully saturated rings. The molecule has 0 spiro atoms. The third-order valence-electron chi connectivity index (χ3n) is 5.27. The fraction of sp³-hybridized carbons (Fsp3) is 0.259. The molecule has 8 nitrogen and oxygen atoms in total. The Morgan fingerprint density at radius 2 is 1.94 bits per heavy atom. The Hall–Kier alpha value is -4.38. The van der Waals surface area contributed by atoms with E-state index in [1.54, 1.807) is 6.21 Å². The maximum absolute atomic E-state index is 9.35. The molecule has 0 saturated heterocycles. The first-order valence-corrected chi connectivity index (χ1v) is 11.7. The van der Waals surface area contributed by atoms with Gasteiger partial charge in [0.1, 0.15) is 17.5 Å². The van der Waals surface area contributed by atoms with Gasteiger partial charge in [0.05, 0.1) is 18.5 Å². The smallest absolute Gasteiger partial charge is 0.252 e. The van der Waals surface area contributed by atoms with Crippen LogP contribution in [-0.4, -0.2) is 27.6 Å². The van der Waals surface area contributed by atoms with E-state index in [0.29, 0.717) is 12.5 Å². The number of nitrogens with zero attached hydrogens (tertiary/aromatic N) is 5. The molecule has 1 N–H and O–H groups in total. The second-order valence-corrected chi connectivity index (χ2v) is 8.31. The molecule has 2 heterocycles. The van der Waals surface area contributed by atoms with Crippen LogP contribution in [0.15, 0.2) is 70.3 Å². The first-order valence-electron chi connectivity index (χ1n) is 11.7. The number of para-hydroxylation sites is 1. The minimum absolute atomic E-state index is 0.0614. The topological polar surface area (TPSA) is 101 Å². The number of ether oxygens (including phenoxy) is 1. The lowest BCUT2D eigenvalue weighted by Gasteiger charge is -2.06. The summed E-state index contributed by atoms with van der Waals surface area (Å²) in [6, 6.07) is 19.8. The van der Waals surface area contributed by atoms with Gasteiger partial charge in [-0.2, -0.15) is 15.5 Å². The Kier molecular flexibility index (Phi) is 7.58. The van der Waals surface area contributed by atoms with E-state index in [2.05, 4.69) is 22.4 Å². The number of nitrogens with one attached hydrogen (secondary N) is 1. The molecule has 35 heavy (non-hydrogen) atoms. The lowest BCUT2D eigenvalue weighted by Crippen LogP contribution is -1.96. The predicted molar refractivity (Wildman–Crippen MR) is 136 cm³/mol. The molecule has 0 amide bonds. The van der Waals surface area contributed by atoms with E-state index in [1.807, 2.05) is 85.4 Å². The summed E-state index contributed by atoms with van der Waals surface area (Å²) in [6.45, 7) is 6.74. The van der Waals surface area contributed by atoms with E-state index < -0.39 is 0 Å². The van der Waals surface area contributed by atoms with Crippen LogP contribution in [0, 0.1) is 11.3 Å². The average molecular weight is 469 g/mol. The van der Waals surface area contributed by atoms with Gasteiger partial charge in [-0.05, 0) is 42.8 Å². The Labute approximate surface area is 204 Å². The van der Waals surface area contributed by atoms with Crippen molar-refractivity contribution < 1.29 is 9.15 Å². The first kappa shape index (κ1) is 23.8. The molecule has 0 radical (unpaired) electrons. The SMILES string of the molecule is CCCCOc1ccc(-c2nn(-c3ccccc3)cc2C=NNc2oc(C(C)C)nc2C#N)cc1. The van der Waals surface area contributed by atoms with Gasteiger partial charge in [-0.1, -0.05) is 45.4 Å². The number of hydrogen-bond donors (Lipinski definition) is 1.